The summed E-state index contributed by atoms with van der Waals surface area (Å²) in [5.41, 5.74) is 0.417. The summed E-state index contributed by atoms with van der Waals surface area (Å²) < 4.78 is 40.5. The molecule has 0 aliphatic heterocycles. The Bertz CT molecular complexity index is 930. The molecule has 0 N–H and O–H groups in total. The van der Waals surface area contributed by atoms with Gasteiger partial charge in [-0.25, -0.2) is 12.8 Å². The smallest absolute Gasteiger partial charge is 0.255 e. The molecule has 27 heavy (non-hydrogen) atoms. The highest BCUT2D eigenvalue weighted by Gasteiger charge is 2.25. The maximum atomic E-state index is 13.8. The van der Waals surface area contributed by atoms with Crippen molar-refractivity contribution in [2.24, 2.45) is 0 Å². The molecule has 1 amide bonds. The second-order valence-electron chi connectivity index (χ2n) is 5.98. The Morgan fingerprint density at radius 2 is 1.74 bits per heavy atom. The number of nitrogens with zero attached hydrogens (tertiary/aromatic N) is 2. The Morgan fingerprint density at radius 3 is 2.33 bits per heavy atom. The van der Waals surface area contributed by atoms with Gasteiger partial charge in [-0.15, -0.1) is 0 Å². The van der Waals surface area contributed by atoms with Crippen molar-refractivity contribution in [2.75, 3.05) is 20.1 Å². The molecule has 0 spiro atoms. The second kappa shape index (κ2) is 8.82. The monoisotopic (exact) mass is 412 g/mol. The zero-order chi connectivity index (χ0) is 20.2. The standard InChI is InChI=1S/C19H22ClFN2O3S/c1-4-23(5-2)27(25,26)15-10-11-17(20)16(12-15)19(24)22(3)13-14-8-6-7-9-18(14)21/h6-12H,4-5,13H2,1-3H3. The lowest BCUT2D eigenvalue weighted by Crippen LogP contribution is -2.31. The van der Waals surface area contributed by atoms with Crippen LogP contribution in [-0.2, 0) is 16.6 Å². The van der Waals surface area contributed by atoms with Crippen LogP contribution in [0.5, 0.6) is 0 Å². The Kier molecular flexibility index (Phi) is 6.97. The Labute approximate surface area is 164 Å². The van der Waals surface area contributed by atoms with Crippen LogP contribution < -0.4 is 0 Å². The number of sulfonamides is 1. The van der Waals surface area contributed by atoms with Crippen LogP contribution in [0.15, 0.2) is 47.4 Å². The topological polar surface area (TPSA) is 57.7 Å². The predicted molar refractivity (Wildman–Crippen MR) is 104 cm³/mol. The molecule has 0 saturated carbocycles. The van der Waals surface area contributed by atoms with Crippen LogP contribution >= 0.6 is 11.6 Å². The van der Waals surface area contributed by atoms with Gasteiger partial charge < -0.3 is 4.90 Å². The van der Waals surface area contributed by atoms with E-state index in [-0.39, 0.29) is 22.0 Å². The summed E-state index contributed by atoms with van der Waals surface area (Å²) in [4.78, 5) is 14.1. The lowest BCUT2D eigenvalue weighted by atomic mass is 10.1. The first-order chi connectivity index (χ1) is 12.7. The Morgan fingerprint density at radius 1 is 1.11 bits per heavy atom. The quantitative estimate of drug-likeness (QED) is 0.695. The van der Waals surface area contributed by atoms with Crippen LogP contribution in [0.1, 0.15) is 29.8 Å². The third-order valence-corrected chi connectivity index (χ3v) is 6.60. The van der Waals surface area contributed by atoms with Gasteiger partial charge in [0.05, 0.1) is 15.5 Å². The number of carbonyl (C=O) groups excluding carboxylic acids is 1. The molecule has 0 saturated heterocycles. The fraction of sp³-hybridized carbons (Fsp3) is 0.316. The molecule has 0 unspecified atom stereocenters. The largest absolute Gasteiger partial charge is 0.337 e. The maximum absolute atomic E-state index is 13.8. The minimum atomic E-state index is -3.72. The number of hydrogen-bond acceptors (Lipinski definition) is 3. The molecule has 8 heteroatoms. The number of halogens is 2. The van der Waals surface area contributed by atoms with Gasteiger partial charge >= 0.3 is 0 Å². The van der Waals surface area contributed by atoms with E-state index in [0.717, 1.165) is 0 Å². The summed E-state index contributed by atoms with van der Waals surface area (Å²) in [6.07, 6.45) is 0. The first-order valence-corrected chi connectivity index (χ1v) is 10.3. The summed E-state index contributed by atoms with van der Waals surface area (Å²) in [6, 6.07) is 10.2. The zero-order valence-electron chi connectivity index (χ0n) is 15.4. The summed E-state index contributed by atoms with van der Waals surface area (Å²) in [6.45, 7) is 4.15. The minimum absolute atomic E-state index is 0.00163. The molecule has 2 aromatic rings. The molecule has 0 heterocycles. The van der Waals surface area contributed by atoms with Crippen molar-refractivity contribution in [2.45, 2.75) is 25.3 Å². The predicted octanol–water partition coefficient (Wildman–Crippen LogP) is 3.78. The normalized spacial score (nSPS) is 11.6. The second-order valence-corrected chi connectivity index (χ2v) is 8.33. The van der Waals surface area contributed by atoms with Gasteiger partial charge in [0.1, 0.15) is 5.82 Å². The van der Waals surface area contributed by atoms with Crippen LogP contribution in [0.2, 0.25) is 5.02 Å². The first-order valence-electron chi connectivity index (χ1n) is 8.50. The zero-order valence-corrected chi connectivity index (χ0v) is 17.0. The van der Waals surface area contributed by atoms with Crippen LogP contribution in [0.4, 0.5) is 4.39 Å². The van der Waals surface area contributed by atoms with Crippen LogP contribution in [0.3, 0.4) is 0 Å². The first kappa shape index (κ1) is 21.3. The van der Waals surface area contributed by atoms with Crippen molar-refractivity contribution in [3.05, 3.63) is 64.4 Å². The van der Waals surface area contributed by atoms with E-state index in [2.05, 4.69) is 0 Å². The molecule has 5 nitrogen and oxygen atoms in total. The lowest BCUT2D eigenvalue weighted by Gasteiger charge is -2.21. The van der Waals surface area contributed by atoms with E-state index in [1.54, 1.807) is 32.0 Å². The average Bonchev–Trinajstić information content (AvgIpc) is 2.64. The minimum Gasteiger partial charge on any atom is -0.337 e. The van der Waals surface area contributed by atoms with Crippen LogP contribution in [0.25, 0.3) is 0 Å². The van der Waals surface area contributed by atoms with Gasteiger partial charge in [-0.05, 0) is 24.3 Å². The summed E-state index contributed by atoms with van der Waals surface area (Å²) in [5.74, 6) is -0.902. The molecular formula is C19H22ClFN2O3S. The van der Waals surface area contributed by atoms with Crippen molar-refractivity contribution in [1.82, 2.24) is 9.21 Å². The average molecular weight is 413 g/mol. The van der Waals surface area contributed by atoms with Crippen LogP contribution in [-0.4, -0.2) is 43.7 Å². The Hall–Kier alpha value is -1.96. The fourth-order valence-corrected chi connectivity index (χ4v) is 4.38. The van der Waals surface area contributed by atoms with E-state index in [0.29, 0.717) is 18.7 Å². The highest BCUT2D eigenvalue weighted by atomic mass is 35.5. The van der Waals surface area contributed by atoms with E-state index in [1.165, 1.54) is 40.5 Å². The summed E-state index contributed by atoms with van der Waals surface area (Å²) in [7, 11) is -2.21. The van der Waals surface area contributed by atoms with Gasteiger partial charge in [0.25, 0.3) is 5.91 Å². The van der Waals surface area contributed by atoms with Gasteiger partial charge in [0, 0.05) is 32.2 Å². The molecule has 0 fully saturated rings. The lowest BCUT2D eigenvalue weighted by molar-refractivity contribution is 0.0784. The van der Waals surface area contributed by atoms with Crippen molar-refractivity contribution in [3.63, 3.8) is 0 Å². The molecule has 2 aromatic carbocycles. The molecule has 0 aliphatic rings. The maximum Gasteiger partial charge on any atom is 0.255 e. The van der Waals surface area contributed by atoms with Gasteiger partial charge in [0.2, 0.25) is 10.0 Å². The van der Waals surface area contributed by atoms with Crippen molar-refractivity contribution < 1.29 is 17.6 Å². The number of benzene rings is 2. The van der Waals surface area contributed by atoms with Crippen LogP contribution in [0, 0.1) is 5.82 Å². The van der Waals surface area contributed by atoms with Gasteiger partial charge in [0.15, 0.2) is 0 Å². The molecule has 0 atom stereocenters. The molecule has 0 radical (unpaired) electrons. The van der Waals surface area contributed by atoms with Gasteiger partial charge in [-0.3, -0.25) is 4.79 Å². The highest BCUT2D eigenvalue weighted by Crippen LogP contribution is 2.24. The molecule has 0 aromatic heterocycles. The van der Waals surface area contributed by atoms with E-state index < -0.39 is 21.7 Å². The van der Waals surface area contributed by atoms with Crippen molar-refractivity contribution in [3.8, 4) is 0 Å². The number of rotatable bonds is 7. The number of amides is 1. The third-order valence-electron chi connectivity index (χ3n) is 4.22. The van der Waals surface area contributed by atoms with Gasteiger partial charge in [-0.1, -0.05) is 43.6 Å². The Balaban J connectivity index is 2.35. The molecular weight excluding hydrogens is 391 g/mol. The number of carbonyl (C=O) groups is 1. The number of hydrogen-bond donors (Lipinski definition) is 0. The van der Waals surface area contributed by atoms with E-state index in [1.807, 2.05) is 0 Å². The molecule has 0 aliphatic carbocycles. The molecule has 146 valence electrons. The van der Waals surface area contributed by atoms with E-state index >= 15 is 0 Å². The molecule has 2 rings (SSSR count). The summed E-state index contributed by atoms with van der Waals surface area (Å²) >= 11 is 6.14. The van der Waals surface area contributed by atoms with E-state index in [9.17, 15) is 17.6 Å². The molecule has 0 bridgehead atoms. The fourth-order valence-electron chi connectivity index (χ4n) is 2.70. The van der Waals surface area contributed by atoms with Gasteiger partial charge in [-0.2, -0.15) is 4.31 Å². The van der Waals surface area contributed by atoms with Crippen molar-refractivity contribution >= 4 is 27.5 Å². The SMILES string of the molecule is CCN(CC)S(=O)(=O)c1ccc(Cl)c(C(=O)N(C)Cc2ccccc2F)c1. The highest BCUT2D eigenvalue weighted by molar-refractivity contribution is 7.89. The van der Waals surface area contributed by atoms with Crippen molar-refractivity contribution in [1.29, 1.82) is 0 Å². The van der Waals surface area contributed by atoms with E-state index in [4.69, 9.17) is 11.6 Å². The summed E-state index contributed by atoms with van der Waals surface area (Å²) in [5, 5.41) is 0.138. The third kappa shape index (κ3) is 4.66.